The van der Waals surface area contributed by atoms with Gasteiger partial charge in [0.05, 0.1) is 0 Å². The Balaban J connectivity index is -0.000000237. The highest BCUT2D eigenvalue weighted by Crippen LogP contribution is 1.93. The van der Waals surface area contributed by atoms with Crippen LogP contribution in [0.3, 0.4) is 0 Å². The number of allylic oxidation sites excluding steroid dienone is 1. The van der Waals surface area contributed by atoms with Gasteiger partial charge in [-0.25, -0.2) is 0 Å². The minimum Gasteiger partial charge on any atom is -0.487 e. The summed E-state index contributed by atoms with van der Waals surface area (Å²) in [5.41, 5.74) is 4.40. The summed E-state index contributed by atoms with van der Waals surface area (Å²) in [6, 6.07) is 0. The third kappa shape index (κ3) is 52.7. The Labute approximate surface area is 108 Å². The maximum Gasteiger partial charge on any atom is 0.258 e. The topological polar surface area (TPSA) is 78.5 Å². The zero-order valence-electron chi connectivity index (χ0n) is 9.48. The van der Waals surface area contributed by atoms with Gasteiger partial charge in [0.25, 0.3) is 10.3 Å². The molecule has 0 heterocycles. The number of rotatable bonds is 4. The van der Waals surface area contributed by atoms with E-state index in [1.807, 2.05) is 6.08 Å². The predicted molar refractivity (Wildman–Crippen MR) is 77.7 cm³/mol. The van der Waals surface area contributed by atoms with Gasteiger partial charge in [-0.15, -0.1) is 13.2 Å². The maximum absolute atomic E-state index is 8.48. The fraction of sp³-hybridized carbons (Fsp3) is 0.400. The van der Waals surface area contributed by atoms with E-state index in [1.165, 1.54) is 12.8 Å². The summed E-state index contributed by atoms with van der Waals surface area (Å²) in [5.74, 6) is 0. The van der Waals surface area contributed by atoms with Crippen molar-refractivity contribution in [3.63, 3.8) is 0 Å². The highest BCUT2D eigenvalue weighted by atomic mass is 32.1. The lowest BCUT2D eigenvalue weighted by Crippen LogP contribution is -2.12. The lowest BCUT2D eigenvalue weighted by atomic mass is 10.2. The number of aliphatic hydroxyl groups excluding tert-OH is 2. The molecule has 0 aromatic heterocycles. The van der Waals surface area contributed by atoms with E-state index in [1.54, 1.807) is 6.20 Å². The zero-order chi connectivity index (χ0) is 13.4. The molecule has 16 heavy (non-hydrogen) atoms. The number of nitrogens with one attached hydrogen (secondary N) is 1. The van der Waals surface area contributed by atoms with E-state index in [2.05, 4.69) is 55.6 Å². The Kier molecular flexibility index (Phi) is 24.7. The third-order valence-electron chi connectivity index (χ3n) is 1.05. The van der Waals surface area contributed by atoms with Crippen LogP contribution < -0.4 is 11.1 Å². The Morgan fingerprint density at radius 3 is 2.12 bits per heavy atom. The molecule has 0 unspecified atom stereocenters. The van der Waals surface area contributed by atoms with E-state index in [0.29, 0.717) is 0 Å². The van der Waals surface area contributed by atoms with Crippen molar-refractivity contribution in [1.29, 1.82) is 0 Å². The summed E-state index contributed by atoms with van der Waals surface area (Å²) in [5, 5.41) is 17.9. The summed E-state index contributed by atoms with van der Waals surface area (Å²) in [4.78, 5) is 0. The predicted octanol–water partition coefficient (Wildman–Crippen LogP) is 2.71. The number of unbranched alkanes of at least 4 members (excludes halogenated alkanes) is 2. The molecule has 0 aliphatic carbocycles. The molecule has 0 atom stereocenters. The van der Waals surface area contributed by atoms with E-state index >= 15 is 0 Å². The summed E-state index contributed by atoms with van der Waals surface area (Å²) >= 11 is 8.24. The summed E-state index contributed by atoms with van der Waals surface area (Å²) < 4.78 is 0. The van der Waals surface area contributed by atoms with Crippen molar-refractivity contribution >= 4 is 34.8 Å². The van der Waals surface area contributed by atoms with Crippen molar-refractivity contribution in [3.8, 4) is 0 Å². The maximum atomic E-state index is 8.48. The summed E-state index contributed by atoms with van der Waals surface area (Å²) in [7, 11) is 0. The van der Waals surface area contributed by atoms with Crippen molar-refractivity contribution in [2.45, 2.75) is 26.2 Å². The van der Waals surface area contributed by atoms with Gasteiger partial charge in [-0.05, 0) is 30.9 Å². The van der Waals surface area contributed by atoms with E-state index in [-0.39, 0.29) is 5.17 Å². The highest BCUT2D eigenvalue weighted by molar-refractivity contribution is 7.80. The highest BCUT2D eigenvalue weighted by Gasteiger charge is 1.80. The molecule has 0 fully saturated rings. The Hall–Kier alpha value is -1.14. The van der Waals surface area contributed by atoms with E-state index in [9.17, 15) is 0 Å². The fourth-order valence-corrected chi connectivity index (χ4v) is 0.604. The van der Waals surface area contributed by atoms with Crippen LogP contribution in [0.1, 0.15) is 26.2 Å². The summed E-state index contributed by atoms with van der Waals surface area (Å²) in [6.07, 6.45) is 7.01. The van der Waals surface area contributed by atoms with Crippen LogP contribution in [-0.2, 0) is 0 Å². The second-order valence-electron chi connectivity index (χ2n) is 2.33. The van der Waals surface area contributed by atoms with E-state index in [0.717, 1.165) is 6.42 Å². The zero-order valence-corrected chi connectivity index (χ0v) is 11.1. The smallest absolute Gasteiger partial charge is 0.258 e. The molecule has 0 amide bonds. The average molecular weight is 264 g/mol. The fourth-order valence-electron chi connectivity index (χ4n) is 0.536. The van der Waals surface area contributed by atoms with Gasteiger partial charge in [-0.1, -0.05) is 25.8 Å². The first-order chi connectivity index (χ1) is 7.50. The number of thiocarbonyl (C=S) groups is 2. The molecule has 94 valence electrons. The molecule has 0 saturated heterocycles. The Morgan fingerprint density at radius 1 is 1.38 bits per heavy atom. The standard InChI is InChI=1S/C7H13NOS.C2H4.CH3NOS/c1-2-3-4-5-6-8-7(9)10;1-2;2-1(3)4/h5-6H,2-4H2,1H3,(H2,8,9,10);1-2H2;(H3,2,3,4). The van der Waals surface area contributed by atoms with Crippen LogP contribution >= 0.6 is 24.4 Å². The molecule has 6 heteroatoms. The van der Waals surface area contributed by atoms with Crippen molar-refractivity contribution in [2.75, 3.05) is 0 Å². The van der Waals surface area contributed by atoms with Crippen molar-refractivity contribution in [1.82, 2.24) is 5.32 Å². The minimum atomic E-state index is -0.500. The molecule has 4 nitrogen and oxygen atoms in total. The minimum absolute atomic E-state index is 0.173. The molecule has 0 saturated carbocycles. The van der Waals surface area contributed by atoms with Crippen LogP contribution in [-0.4, -0.2) is 20.6 Å². The van der Waals surface area contributed by atoms with Gasteiger partial charge in [-0.3, -0.25) is 0 Å². The molecule has 5 N–H and O–H groups in total. The molecular weight excluding hydrogens is 244 g/mol. The first-order valence-corrected chi connectivity index (χ1v) is 5.45. The van der Waals surface area contributed by atoms with Gasteiger partial charge in [0.2, 0.25) is 0 Å². The Morgan fingerprint density at radius 2 is 1.81 bits per heavy atom. The summed E-state index contributed by atoms with van der Waals surface area (Å²) in [6.45, 7) is 8.14. The van der Waals surface area contributed by atoms with Crippen LogP contribution in [0.5, 0.6) is 0 Å². The molecule has 0 bridgehead atoms. The average Bonchev–Trinajstić information content (AvgIpc) is 2.19. The third-order valence-corrected chi connectivity index (χ3v) is 1.17. The number of nitrogens with two attached hydrogens (primary N) is 1. The molecular formula is C10H20N2O2S2. The van der Waals surface area contributed by atoms with Gasteiger partial charge < -0.3 is 21.3 Å². The van der Waals surface area contributed by atoms with Crippen molar-refractivity contribution < 1.29 is 10.2 Å². The quantitative estimate of drug-likeness (QED) is 0.355. The molecule has 0 aromatic rings. The SMILES string of the molecule is C=C.CCCCC=CNC(O)=S.NC(O)=S. The van der Waals surface area contributed by atoms with Crippen molar-refractivity contribution in [2.24, 2.45) is 5.73 Å². The van der Waals surface area contributed by atoms with E-state index in [4.69, 9.17) is 10.2 Å². The second kappa shape index (κ2) is 19.4. The molecule has 0 aliphatic heterocycles. The van der Waals surface area contributed by atoms with Gasteiger partial charge in [0.1, 0.15) is 0 Å². The lowest BCUT2D eigenvalue weighted by molar-refractivity contribution is 0.546. The van der Waals surface area contributed by atoms with Crippen LogP contribution in [0, 0.1) is 0 Å². The second-order valence-corrected chi connectivity index (χ2v) is 3.14. The van der Waals surface area contributed by atoms with Gasteiger partial charge in [-0.2, -0.15) is 0 Å². The first kappa shape index (κ1) is 20.3. The largest absolute Gasteiger partial charge is 0.487 e. The monoisotopic (exact) mass is 264 g/mol. The van der Waals surface area contributed by atoms with Gasteiger partial charge in [0, 0.05) is 6.20 Å². The van der Waals surface area contributed by atoms with Crippen LogP contribution in [0.4, 0.5) is 0 Å². The van der Waals surface area contributed by atoms with Crippen LogP contribution in [0.2, 0.25) is 0 Å². The van der Waals surface area contributed by atoms with E-state index < -0.39 is 5.17 Å². The van der Waals surface area contributed by atoms with Gasteiger partial charge in [0.15, 0.2) is 0 Å². The molecule has 0 rings (SSSR count). The molecule has 0 radical (unpaired) electrons. The molecule has 0 spiro atoms. The normalized spacial score (nSPS) is 8.06. The number of hydrogen-bond donors (Lipinski definition) is 4. The number of hydrogen-bond acceptors (Lipinski definition) is 2. The van der Waals surface area contributed by atoms with Crippen LogP contribution in [0.25, 0.3) is 0 Å². The molecule has 0 aromatic carbocycles. The first-order valence-electron chi connectivity index (χ1n) is 4.63. The lowest BCUT2D eigenvalue weighted by Gasteiger charge is -1.91. The van der Waals surface area contributed by atoms with Crippen LogP contribution in [0.15, 0.2) is 25.4 Å². The van der Waals surface area contributed by atoms with Crippen molar-refractivity contribution in [3.05, 3.63) is 25.4 Å². The molecule has 0 aliphatic rings. The van der Waals surface area contributed by atoms with Gasteiger partial charge >= 0.3 is 0 Å². The number of aliphatic hydroxyl groups is 2. The Bertz CT molecular complexity index is 205.